The third kappa shape index (κ3) is 3.31. The smallest absolute Gasteiger partial charge is 0.255 e. The largest absolute Gasteiger partial charge is 0.334 e. The lowest BCUT2D eigenvalue weighted by atomic mass is 9.99. The molecule has 2 N–H and O–H groups in total. The number of fused-ring (bicyclic) bond motifs is 1. The van der Waals surface area contributed by atoms with Crippen LogP contribution in [0.1, 0.15) is 21.5 Å². The SMILES string of the molecule is NS(=O)(=O)c1ccc(Br)c(C(=O)N2CCc3ccccc3C2)c1. The van der Waals surface area contributed by atoms with Gasteiger partial charge in [0.05, 0.1) is 10.5 Å². The lowest BCUT2D eigenvalue weighted by Gasteiger charge is -2.29. The number of amides is 1. The quantitative estimate of drug-likeness (QED) is 0.848. The maximum Gasteiger partial charge on any atom is 0.255 e. The fraction of sp³-hybridized carbons (Fsp3) is 0.188. The third-order valence-electron chi connectivity index (χ3n) is 3.91. The summed E-state index contributed by atoms with van der Waals surface area (Å²) in [6, 6.07) is 12.2. The fourth-order valence-corrected chi connectivity index (χ4v) is 3.64. The van der Waals surface area contributed by atoms with Crippen LogP contribution < -0.4 is 5.14 Å². The normalized spacial score (nSPS) is 14.4. The number of carbonyl (C=O) groups excluding carboxylic acids is 1. The van der Waals surface area contributed by atoms with Crippen LogP contribution in [-0.2, 0) is 23.0 Å². The van der Waals surface area contributed by atoms with Crippen LogP contribution >= 0.6 is 15.9 Å². The summed E-state index contributed by atoms with van der Waals surface area (Å²) in [4.78, 5) is 14.4. The van der Waals surface area contributed by atoms with E-state index in [1.807, 2.05) is 18.2 Å². The average molecular weight is 395 g/mol. The van der Waals surface area contributed by atoms with E-state index in [4.69, 9.17) is 5.14 Å². The zero-order valence-corrected chi connectivity index (χ0v) is 14.6. The van der Waals surface area contributed by atoms with Crippen LogP contribution in [0.15, 0.2) is 51.8 Å². The lowest BCUT2D eigenvalue weighted by molar-refractivity contribution is 0.0733. The summed E-state index contributed by atoms with van der Waals surface area (Å²) < 4.78 is 23.5. The molecule has 2 aromatic rings. The summed E-state index contributed by atoms with van der Waals surface area (Å²) in [5.41, 5.74) is 2.66. The van der Waals surface area contributed by atoms with Crippen molar-refractivity contribution in [1.82, 2.24) is 4.90 Å². The van der Waals surface area contributed by atoms with Gasteiger partial charge in [-0.15, -0.1) is 0 Å². The minimum atomic E-state index is -3.85. The zero-order valence-electron chi connectivity index (χ0n) is 12.2. The molecule has 5 nitrogen and oxygen atoms in total. The Morgan fingerprint density at radius 3 is 2.52 bits per heavy atom. The van der Waals surface area contributed by atoms with Crippen LogP contribution in [0.25, 0.3) is 0 Å². The zero-order chi connectivity index (χ0) is 16.6. The van der Waals surface area contributed by atoms with Gasteiger partial charge in [0.1, 0.15) is 0 Å². The van der Waals surface area contributed by atoms with E-state index in [1.165, 1.54) is 23.8 Å². The molecule has 0 aromatic heterocycles. The standard InChI is InChI=1S/C16H15BrN2O3S/c17-15-6-5-13(23(18,21)22)9-14(15)16(20)19-8-7-11-3-1-2-4-12(11)10-19/h1-6,9H,7-8,10H2,(H2,18,21,22). The molecule has 0 unspecified atom stereocenters. The van der Waals surface area contributed by atoms with Gasteiger partial charge in [-0.3, -0.25) is 4.79 Å². The molecule has 120 valence electrons. The van der Waals surface area contributed by atoms with Gasteiger partial charge < -0.3 is 4.90 Å². The van der Waals surface area contributed by atoms with Crippen LogP contribution in [0.3, 0.4) is 0 Å². The molecule has 0 saturated carbocycles. The number of hydrogen-bond acceptors (Lipinski definition) is 3. The van der Waals surface area contributed by atoms with Crippen molar-refractivity contribution in [2.24, 2.45) is 5.14 Å². The van der Waals surface area contributed by atoms with Gasteiger partial charge in [-0.25, -0.2) is 13.6 Å². The first-order chi connectivity index (χ1) is 10.9. The Kier molecular flexibility index (Phi) is 4.27. The van der Waals surface area contributed by atoms with Gasteiger partial charge in [0.2, 0.25) is 10.0 Å². The molecule has 1 heterocycles. The summed E-state index contributed by atoms with van der Waals surface area (Å²) in [6.45, 7) is 1.11. The van der Waals surface area contributed by atoms with Crippen molar-refractivity contribution in [1.29, 1.82) is 0 Å². The van der Waals surface area contributed by atoms with E-state index in [1.54, 1.807) is 4.90 Å². The number of nitrogens with zero attached hydrogens (tertiary/aromatic N) is 1. The van der Waals surface area contributed by atoms with Gasteiger partial charge in [-0.05, 0) is 51.7 Å². The minimum absolute atomic E-state index is 0.0681. The van der Waals surface area contributed by atoms with Crippen molar-refractivity contribution in [3.05, 3.63) is 63.6 Å². The topological polar surface area (TPSA) is 80.5 Å². The first kappa shape index (κ1) is 16.2. The molecule has 1 aliphatic rings. The van der Waals surface area contributed by atoms with Crippen molar-refractivity contribution in [3.8, 4) is 0 Å². The van der Waals surface area contributed by atoms with Gasteiger partial charge in [0, 0.05) is 17.6 Å². The van der Waals surface area contributed by atoms with Crippen LogP contribution in [-0.4, -0.2) is 25.8 Å². The van der Waals surface area contributed by atoms with E-state index >= 15 is 0 Å². The monoisotopic (exact) mass is 394 g/mol. The average Bonchev–Trinajstić information content (AvgIpc) is 2.53. The summed E-state index contributed by atoms with van der Waals surface area (Å²) in [5.74, 6) is -0.211. The van der Waals surface area contributed by atoms with E-state index in [9.17, 15) is 13.2 Å². The Morgan fingerprint density at radius 1 is 1.13 bits per heavy atom. The summed E-state index contributed by atoms with van der Waals surface area (Å²) in [7, 11) is -3.85. The first-order valence-electron chi connectivity index (χ1n) is 7.04. The Labute approximate surface area is 143 Å². The van der Waals surface area contributed by atoms with Gasteiger partial charge in [0.15, 0.2) is 0 Å². The van der Waals surface area contributed by atoms with Crippen LogP contribution in [0, 0.1) is 0 Å². The molecule has 0 aliphatic carbocycles. The Balaban J connectivity index is 1.93. The molecule has 1 amide bonds. The van der Waals surface area contributed by atoms with Crippen molar-refractivity contribution >= 4 is 31.9 Å². The predicted octanol–water partition coefficient (Wildman–Crippen LogP) is 2.30. The van der Waals surface area contributed by atoms with E-state index < -0.39 is 10.0 Å². The molecule has 0 saturated heterocycles. The number of rotatable bonds is 2. The highest BCUT2D eigenvalue weighted by Gasteiger charge is 2.24. The second-order valence-electron chi connectivity index (χ2n) is 5.43. The predicted molar refractivity (Wildman–Crippen MR) is 90.4 cm³/mol. The highest BCUT2D eigenvalue weighted by molar-refractivity contribution is 9.10. The molecule has 7 heteroatoms. The Bertz CT molecular complexity index is 881. The number of sulfonamides is 1. The van der Waals surface area contributed by atoms with Gasteiger partial charge in [-0.1, -0.05) is 24.3 Å². The maximum atomic E-state index is 12.8. The van der Waals surface area contributed by atoms with Gasteiger partial charge in [0.25, 0.3) is 5.91 Å². The second-order valence-corrected chi connectivity index (χ2v) is 7.85. The summed E-state index contributed by atoms with van der Waals surface area (Å²) in [6.07, 6.45) is 0.786. The molecular weight excluding hydrogens is 380 g/mol. The van der Waals surface area contributed by atoms with Crippen molar-refractivity contribution < 1.29 is 13.2 Å². The summed E-state index contributed by atoms with van der Waals surface area (Å²) in [5, 5.41) is 5.15. The van der Waals surface area contributed by atoms with Crippen LogP contribution in [0.2, 0.25) is 0 Å². The number of halogens is 1. The summed E-state index contributed by atoms with van der Waals surface area (Å²) >= 11 is 3.31. The molecule has 2 aromatic carbocycles. The molecule has 23 heavy (non-hydrogen) atoms. The fourth-order valence-electron chi connectivity index (χ4n) is 2.68. The number of carbonyl (C=O) groups is 1. The van der Waals surface area contributed by atoms with E-state index in [0.717, 1.165) is 12.0 Å². The van der Waals surface area contributed by atoms with E-state index in [-0.39, 0.29) is 10.8 Å². The lowest BCUT2D eigenvalue weighted by Crippen LogP contribution is -2.36. The van der Waals surface area contributed by atoms with Gasteiger partial charge >= 0.3 is 0 Å². The minimum Gasteiger partial charge on any atom is -0.334 e. The molecule has 0 atom stereocenters. The van der Waals surface area contributed by atoms with E-state index in [2.05, 4.69) is 22.0 Å². The van der Waals surface area contributed by atoms with Crippen molar-refractivity contribution in [2.75, 3.05) is 6.54 Å². The van der Waals surface area contributed by atoms with Crippen molar-refractivity contribution in [3.63, 3.8) is 0 Å². The van der Waals surface area contributed by atoms with E-state index in [0.29, 0.717) is 23.1 Å². The molecule has 0 bridgehead atoms. The maximum absolute atomic E-state index is 12.8. The van der Waals surface area contributed by atoms with Crippen LogP contribution in [0.5, 0.6) is 0 Å². The number of nitrogens with two attached hydrogens (primary N) is 1. The number of benzene rings is 2. The highest BCUT2D eigenvalue weighted by Crippen LogP contribution is 2.25. The molecule has 0 radical (unpaired) electrons. The highest BCUT2D eigenvalue weighted by atomic mass is 79.9. The molecule has 0 fully saturated rings. The number of hydrogen-bond donors (Lipinski definition) is 1. The van der Waals surface area contributed by atoms with Crippen LogP contribution in [0.4, 0.5) is 0 Å². The molecular formula is C16H15BrN2O3S. The molecule has 1 aliphatic heterocycles. The molecule has 0 spiro atoms. The third-order valence-corrected chi connectivity index (χ3v) is 5.52. The Hall–Kier alpha value is -1.70. The second kappa shape index (κ2) is 6.07. The Morgan fingerprint density at radius 2 is 1.83 bits per heavy atom. The molecule has 3 rings (SSSR count). The first-order valence-corrected chi connectivity index (χ1v) is 9.38. The van der Waals surface area contributed by atoms with Crippen molar-refractivity contribution in [2.45, 2.75) is 17.9 Å². The van der Waals surface area contributed by atoms with Gasteiger partial charge in [-0.2, -0.15) is 0 Å². The number of primary sulfonamides is 1.